The van der Waals surface area contributed by atoms with Gasteiger partial charge in [0, 0.05) is 48.2 Å². The third kappa shape index (κ3) is 5.54. The highest BCUT2D eigenvalue weighted by Gasteiger charge is 2.36. The third-order valence-corrected chi connectivity index (χ3v) is 6.22. The summed E-state index contributed by atoms with van der Waals surface area (Å²) in [6.45, 7) is 7.61. The van der Waals surface area contributed by atoms with Crippen molar-refractivity contribution in [2.45, 2.75) is 5.92 Å². The summed E-state index contributed by atoms with van der Waals surface area (Å²) in [4.78, 5) is 29.6. The third-order valence-electron chi connectivity index (χ3n) is 6.22. The van der Waals surface area contributed by atoms with Crippen molar-refractivity contribution < 1.29 is 14.3 Å². The van der Waals surface area contributed by atoms with E-state index in [-0.39, 0.29) is 11.6 Å². The predicted octanol–water partition coefficient (Wildman–Crippen LogP) is 5.04. The quantitative estimate of drug-likeness (QED) is 0.346. The molecule has 3 aromatic rings. The van der Waals surface area contributed by atoms with Crippen molar-refractivity contribution in [1.29, 1.82) is 0 Å². The SMILES string of the molecule is C=C(C(=O)c1ccccc1)[C@H](c1ccccc1)[C@H](CN1CCOCC1)C(=O)c1ccccc1. The van der Waals surface area contributed by atoms with Gasteiger partial charge in [-0.05, 0) is 5.56 Å². The van der Waals surface area contributed by atoms with Crippen LogP contribution in [0.2, 0.25) is 0 Å². The highest BCUT2D eigenvalue weighted by Crippen LogP contribution is 2.36. The Kier molecular flexibility index (Phi) is 7.61. The van der Waals surface area contributed by atoms with Crippen LogP contribution in [0.1, 0.15) is 32.2 Å². The largest absolute Gasteiger partial charge is 0.379 e. The summed E-state index contributed by atoms with van der Waals surface area (Å²) in [7, 11) is 0. The number of carbonyl (C=O) groups is 2. The zero-order valence-electron chi connectivity index (χ0n) is 18.7. The molecule has 0 aromatic heterocycles. The van der Waals surface area contributed by atoms with Crippen LogP contribution in [-0.2, 0) is 4.74 Å². The summed E-state index contributed by atoms with van der Waals surface area (Å²) in [5.74, 6) is -0.988. The van der Waals surface area contributed by atoms with Crippen molar-refractivity contribution >= 4 is 11.6 Å². The molecule has 0 spiro atoms. The minimum absolute atomic E-state index is 0.0259. The number of hydrogen-bond acceptors (Lipinski definition) is 4. The van der Waals surface area contributed by atoms with Crippen molar-refractivity contribution in [2.75, 3.05) is 32.8 Å². The van der Waals surface area contributed by atoms with Gasteiger partial charge in [0.2, 0.25) is 0 Å². The van der Waals surface area contributed by atoms with Crippen molar-refractivity contribution in [1.82, 2.24) is 4.90 Å². The molecule has 0 amide bonds. The number of morpholine rings is 1. The van der Waals surface area contributed by atoms with Crippen LogP contribution in [0.25, 0.3) is 0 Å². The molecule has 2 atom stereocenters. The summed E-state index contributed by atoms with van der Waals surface area (Å²) in [5, 5.41) is 0. The topological polar surface area (TPSA) is 46.6 Å². The van der Waals surface area contributed by atoms with Crippen LogP contribution in [0.3, 0.4) is 0 Å². The number of ether oxygens (including phenoxy) is 1. The molecule has 1 aliphatic heterocycles. The molecule has 4 rings (SSSR count). The zero-order valence-corrected chi connectivity index (χ0v) is 18.7. The average Bonchev–Trinajstić information content (AvgIpc) is 2.89. The average molecular weight is 440 g/mol. The number of Topliss-reactive ketones (excluding diaryl/α,β-unsaturated/α-hetero) is 2. The van der Waals surface area contributed by atoms with Crippen LogP contribution in [0.4, 0.5) is 0 Å². The molecule has 1 heterocycles. The monoisotopic (exact) mass is 439 g/mol. The Hall–Kier alpha value is -3.34. The molecule has 1 saturated heterocycles. The van der Waals surface area contributed by atoms with E-state index in [1.165, 1.54) is 0 Å². The Morgan fingerprint density at radius 3 is 1.88 bits per heavy atom. The van der Waals surface area contributed by atoms with E-state index in [0.717, 1.165) is 18.7 Å². The molecule has 168 valence electrons. The van der Waals surface area contributed by atoms with Gasteiger partial charge in [0.05, 0.1) is 13.2 Å². The number of ketones is 2. The molecule has 3 aromatic carbocycles. The van der Waals surface area contributed by atoms with Crippen LogP contribution >= 0.6 is 0 Å². The Morgan fingerprint density at radius 1 is 0.788 bits per heavy atom. The zero-order chi connectivity index (χ0) is 23.0. The Morgan fingerprint density at radius 2 is 1.30 bits per heavy atom. The minimum atomic E-state index is -0.451. The predicted molar refractivity (Wildman–Crippen MR) is 131 cm³/mol. The van der Waals surface area contributed by atoms with Crippen molar-refractivity contribution in [3.8, 4) is 0 Å². The number of carbonyl (C=O) groups excluding carboxylic acids is 2. The number of allylic oxidation sites excluding steroid dienone is 1. The first-order valence-corrected chi connectivity index (χ1v) is 11.4. The van der Waals surface area contributed by atoms with E-state index in [1.807, 2.05) is 78.9 Å². The van der Waals surface area contributed by atoms with E-state index in [4.69, 9.17) is 4.74 Å². The number of nitrogens with zero attached hydrogens (tertiary/aromatic N) is 1. The number of rotatable bonds is 9. The second-order valence-electron chi connectivity index (χ2n) is 8.36. The first kappa shape index (κ1) is 22.8. The number of benzene rings is 3. The van der Waals surface area contributed by atoms with Gasteiger partial charge in [0.1, 0.15) is 0 Å². The van der Waals surface area contributed by atoms with Crippen LogP contribution in [0, 0.1) is 5.92 Å². The second kappa shape index (κ2) is 11.0. The van der Waals surface area contributed by atoms with Gasteiger partial charge < -0.3 is 4.74 Å². The fourth-order valence-electron chi connectivity index (χ4n) is 4.47. The summed E-state index contributed by atoms with van der Waals surface area (Å²) in [6, 6.07) is 28.3. The van der Waals surface area contributed by atoms with Crippen LogP contribution in [0.5, 0.6) is 0 Å². The standard InChI is InChI=1S/C29H29NO3/c1-22(28(31)24-13-7-3-8-14-24)27(23-11-5-2-6-12-23)26(21-30-17-19-33-20-18-30)29(32)25-15-9-4-10-16-25/h2-16,26-27H,1,17-21H2/t26-,27+/m0/s1. The van der Waals surface area contributed by atoms with E-state index in [0.29, 0.717) is 36.5 Å². The maximum Gasteiger partial charge on any atom is 0.189 e. The highest BCUT2D eigenvalue weighted by atomic mass is 16.5. The lowest BCUT2D eigenvalue weighted by Gasteiger charge is -2.34. The molecule has 0 radical (unpaired) electrons. The number of hydrogen-bond donors (Lipinski definition) is 0. The molecule has 0 saturated carbocycles. The molecular formula is C29H29NO3. The maximum atomic E-state index is 13.9. The van der Waals surface area contributed by atoms with E-state index < -0.39 is 11.8 Å². The summed E-state index contributed by atoms with van der Waals surface area (Å²) in [6.07, 6.45) is 0. The second-order valence-corrected chi connectivity index (χ2v) is 8.36. The van der Waals surface area contributed by atoms with Gasteiger partial charge >= 0.3 is 0 Å². The van der Waals surface area contributed by atoms with E-state index in [9.17, 15) is 9.59 Å². The van der Waals surface area contributed by atoms with Crippen LogP contribution < -0.4 is 0 Å². The molecule has 0 N–H and O–H groups in total. The fourth-order valence-corrected chi connectivity index (χ4v) is 4.47. The van der Waals surface area contributed by atoms with Gasteiger partial charge in [-0.15, -0.1) is 0 Å². The van der Waals surface area contributed by atoms with Crippen molar-refractivity contribution in [2.24, 2.45) is 5.92 Å². The van der Waals surface area contributed by atoms with Gasteiger partial charge in [-0.25, -0.2) is 0 Å². The fraction of sp³-hybridized carbons (Fsp3) is 0.241. The molecule has 4 nitrogen and oxygen atoms in total. The lowest BCUT2D eigenvalue weighted by atomic mass is 9.75. The maximum absolute atomic E-state index is 13.9. The van der Waals surface area contributed by atoms with Gasteiger partial charge in [0.15, 0.2) is 11.6 Å². The minimum Gasteiger partial charge on any atom is -0.379 e. The van der Waals surface area contributed by atoms with Crippen molar-refractivity contribution in [3.05, 3.63) is 120 Å². The van der Waals surface area contributed by atoms with Gasteiger partial charge in [-0.1, -0.05) is 97.6 Å². The van der Waals surface area contributed by atoms with E-state index in [1.54, 1.807) is 12.1 Å². The summed E-state index contributed by atoms with van der Waals surface area (Å²) < 4.78 is 5.52. The first-order chi connectivity index (χ1) is 16.1. The lowest BCUT2D eigenvalue weighted by molar-refractivity contribution is 0.0288. The van der Waals surface area contributed by atoms with Crippen molar-refractivity contribution in [3.63, 3.8) is 0 Å². The first-order valence-electron chi connectivity index (χ1n) is 11.4. The smallest absolute Gasteiger partial charge is 0.189 e. The molecule has 0 unspecified atom stereocenters. The Labute approximate surface area is 195 Å². The van der Waals surface area contributed by atoms with Gasteiger partial charge in [-0.3, -0.25) is 14.5 Å². The van der Waals surface area contributed by atoms with Crippen LogP contribution in [-0.4, -0.2) is 49.3 Å². The molecule has 1 fully saturated rings. The van der Waals surface area contributed by atoms with Gasteiger partial charge in [-0.2, -0.15) is 0 Å². The summed E-state index contributed by atoms with van der Waals surface area (Å²) in [5.41, 5.74) is 2.60. The van der Waals surface area contributed by atoms with E-state index in [2.05, 4.69) is 11.5 Å². The van der Waals surface area contributed by atoms with Gasteiger partial charge in [0.25, 0.3) is 0 Å². The molecule has 4 heteroatoms. The molecule has 33 heavy (non-hydrogen) atoms. The molecule has 0 bridgehead atoms. The lowest BCUT2D eigenvalue weighted by Crippen LogP contribution is -2.43. The van der Waals surface area contributed by atoms with Crippen LogP contribution in [0.15, 0.2) is 103 Å². The normalized spacial score (nSPS) is 16.0. The Balaban J connectivity index is 1.75. The molecule has 0 aliphatic carbocycles. The van der Waals surface area contributed by atoms with E-state index >= 15 is 0 Å². The molecule has 1 aliphatic rings. The highest BCUT2D eigenvalue weighted by molar-refractivity contribution is 6.10. The Bertz CT molecular complexity index is 1070. The summed E-state index contributed by atoms with van der Waals surface area (Å²) >= 11 is 0. The molecular weight excluding hydrogens is 410 g/mol.